The fourth-order valence-corrected chi connectivity index (χ4v) is 2.43. The standard InChI is InChI=1S/C16H18ClN3O/c1-3-21-16-10-14(19-18)13(17)9-15(16)20(2)11-12-7-5-4-6-8-12/h4-10,13H,3,11H2,1-2H3. The van der Waals surface area contributed by atoms with Crippen molar-refractivity contribution >= 4 is 17.3 Å². The zero-order valence-corrected chi connectivity index (χ0v) is 12.9. The minimum atomic E-state index is -0.465. The number of hydrogen-bond donors (Lipinski definition) is 0. The smallest absolute Gasteiger partial charge is 0.317 e. The zero-order chi connectivity index (χ0) is 15.2. The molecular weight excluding hydrogens is 286 g/mol. The highest BCUT2D eigenvalue weighted by molar-refractivity contribution is 6.34. The monoisotopic (exact) mass is 303 g/mol. The number of allylic oxidation sites excluding steroid dienone is 2. The predicted octanol–water partition coefficient (Wildman–Crippen LogP) is 3.21. The van der Waals surface area contributed by atoms with E-state index in [-0.39, 0.29) is 0 Å². The van der Waals surface area contributed by atoms with E-state index in [9.17, 15) is 0 Å². The molecule has 0 N–H and O–H groups in total. The molecule has 1 atom stereocenters. The van der Waals surface area contributed by atoms with Gasteiger partial charge in [0.25, 0.3) is 0 Å². The molecule has 0 fully saturated rings. The van der Waals surface area contributed by atoms with Gasteiger partial charge in [0.2, 0.25) is 0 Å². The van der Waals surface area contributed by atoms with Crippen LogP contribution in [-0.4, -0.2) is 34.4 Å². The van der Waals surface area contributed by atoms with Crippen LogP contribution in [0.2, 0.25) is 0 Å². The first-order chi connectivity index (χ1) is 10.2. The highest BCUT2D eigenvalue weighted by Gasteiger charge is 2.27. The lowest BCUT2D eigenvalue weighted by molar-refractivity contribution is -0.00565. The van der Waals surface area contributed by atoms with Crippen molar-refractivity contribution < 1.29 is 9.53 Å². The molecule has 1 aliphatic rings. The maximum absolute atomic E-state index is 8.97. The third-order valence-corrected chi connectivity index (χ3v) is 3.56. The van der Waals surface area contributed by atoms with Crippen molar-refractivity contribution in [3.8, 4) is 0 Å². The summed E-state index contributed by atoms with van der Waals surface area (Å²) in [6, 6.07) is 10.2. The zero-order valence-electron chi connectivity index (χ0n) is 12.2. The molecule has 110 valence electrons. The highest BCUT2D eigenvalue weighted by Crippen LogP contribution is 2.24. The Morgan fingerprint density at radius 1 is 1.33 bits per heavy atom. The average molecular weight is 304 g/mol. The van der Waals surface area contributed by atoms with Gasteiger partial charge in [0, 0.05) is 13.6 Å². The minimum Gasteiger partial charge on any atom is -0.491 e. The molecule has 4 nitrogen and oxygen atoms in total. The summed E-state index contributed by atoms with van der Waals surface area (Å²) in [5.41, 5.74) is 11.4. The molecule has 1 unspecified atom stereocenters. The molecule has 21 heavy (non-hydrogen) atoms. The number of ether oxygens (including phenoxy) is 1. The molecule has 0 spiro atoms. The molecule has 0 aromatic heterocycles. The number of likely N-dealkylation sites (N-methyl/N-ethyl adjacent to an activating group) is 1. The molecular formula is C16H18ClN3O. The molecule has 0 bridgehead atoms. The second-order valence-electron chi connectivity index (χ2n) is 4.76. The van der Waals surface area contributed by atoms with Gasteiger partial charge in [-0.1, -0.05) is 30.3 Å². The lowest BCUT2D eigenvalue weighted by Crippen LogP contribution is -2.27. The largest absolute Gasteiger partial charge is 0.491 e. The molecule has 1 aliphatic carbocycles. The van der Waals surface area contributed by atoms with Gasteiger partial charge < -0.3 is 15.2 Å². The Morgan fingerprint density at radius 2 is 2.05 bits per heavy atom. The van der Waals surface area contributed by atoms with E-state index in [1.54, 1.807) is 6.08 Å². The van der Waals surface area contributed by atoms with Crippen molar-refractivity contribution in [2.24, 2.45) is 0 Å². The van der Waals surface area contributed by atoms with Gasteiger partial charge in [-0.25, -0.2) is 0 Å². The van der Waals surface area contributed by atoms with Gasteiger partial charge in [-0.15, -0.1) is 11.6 Å². The number of nitrogens with zero attached hydrogens (tertiary/aromatic N) is 3. The summed E-state index contributed by atoms with van der Waals surface area (Å²) in [4.78, 5) is 5.27. The summed E-state index contributed by atoms with van der Waals surface area (Å²) >= 11 is 6.20. The number of benzene rings is 1. The van der Waals surface area contributed by atoms with Crippen LogP contribution < -0.4 is 0 Å². The maximum atomic E-state index is 8.97. The normalized spacial score (nSPS) is 17.7. The van der Waals surface area contributed by atoms with E-state index in [2.05, 4.69) is 21.8 Å². The van der Waals surface area contributed by atoms with Gasteiger partial charge in [-0.3, -0.25) is 0 Å². The minimum absolute atomic E-state index is 0.386. The summed E-state index contributed by atoms with van der Waals surface area (Å²) < 4.78 is 5.64. The van der Waals surface area contributed by atoms with Crippen LogP contribution in [-0.2, 0) is 11.3 Å². The Balaban J connectivity index is 2.23. The van der Waals surface area contributed by atoms with Crippen LogP contribution in [0, 0.1) is 0 Å². The summed E-state index contributed by atoms with van der Waals surface area (Å²) in [5, 5.41) is -0.465. The Kier molecular flexibility index (Phi) is 5.20. The molecule has 0 saturated carbocycles. The molecule has 5 heteroatoms. The number of halogens is 1. The van der Waals surface area contributed by atoms with Crippen molar-refractivity contribution in [2.45, 2.75) is 18.8 Å². The van der Waals surface area contributed by atoms with E-state index in [0.29, 0.717) is 18.1 Å². The third-order valence-electron chi connectivity index (χ3n) is 3.21. The topological polar surface area (TPSA) is 48.9 Å². The van der Waals surface area contributed by atoms with Gasteiger partial charge in [0.15, 0.2) is 5.38 Å². The quantitative estimate of drug-likeness (QED) is 0.476. The third kappa shape index (κ3) is 3.75. The second-order valence-corrected chi connectivity index (χ2v) is 5.23. The van der Waals surface area contributed by atoms with Crippen LogP contribution in [0.4, 0.5) is 0 Å². The molecule has 1 aromatic rings. The molecule has 2 rings (SSSR count). The number of rotatable bonds is 5. The lowest BCUT2D eigenvalue weighted by Gasteiger charge is -2.26. The lowest BCUT2D eigenvalue weighted by atomic mass is 10.1. The van der Waals surface area contributed by atoms with Gasteiger partial charge in [0.1, 0.15) is 5.76 Å². The van der Waals surface area contributed by atoms with E-state index in [0.717, 1.165) is 12.2 Å². The first-order valence-electron chi connectivity index (χ1n) is 6.83. The van der Waals surface area contributed by atoms with Crippen LogP contribution in [0.25, 0.3) is 5.53 Å². The van der Waals surface area contributed by atoms with Crippen molar-refractivity contribution in [1.29, 1.82) is 0 Å². The summed E-state index contributed by atoms with van der Waals surface area (Å²) in [6.07, 6.45) is 3.52. The number of alkyl halides is 1. The Hall–Kier alpha value is -2.03. The molecule has 0 aliphatic heterocycles. The van der Waals surface area contributed by atoms with Crippen molar-refractivity contribution in [2.75, 3.05) is 13.7 Å². The highest BCUT2D eigenvalue weighted by atomic mass is 35.5. The molecule has 0 amide bonds. The van der Waals surface area contributed by atoms with Gasteiger partial charge in [-0.05, 0) is 18.6 Å². The Morgan fingerprint density at radius 3 is 2.67 bits per heavy atom. The van der Waals surface area contributed by atoms with Crippen LogP contribution in [0.3, 0.4) is 0 Å². The van der Waals surface area contributed by atoms with Crippen molar-refractivity contribution in [3.05, 3.63) is 65.0 Å². The van der Waals surface area contributed by atoms with Crippen LogP contribution in [0.5, 0.6) is 0 Å². The van der Waals surface area contributed by atoms with E-state index < -0.39 is 5.38 Å². The van der Waals surface area contributed by atoms with Crippen LogP contribution in [0.15, 0.2) is 53.9 Å². The van der Waals surface area contributed by atoms with E-state index >= 15 is 0 Å². The first-order valence-corrected chi connectivity index (χ1v) is 7.27. The molecule has 0 radical (unpaired) electrons. The Labute approximate surface area is 129 Å². The summed E-state index contributed by atoms with van der Waals surface area (Å²) in [7, 11) is 1.98. The molecule has 0 heterocycles. The van der Waals surface area contributed by atoms with Crippen LogP contribution in [0.1, 0.15) is 12.5 Å². The van der Waals surface area contributed by atoms with Gasteiger partial charge >= 0.3 is 5.71 Å². The fourth-order valence-electron chi connectivity index (χ4n) is 2.21. The van der Waals surface area contributed by atoms with Gasteiger partial charge in [-0.2, -0.15) is 4.79 Å². The van der Waals surface area contributed by atoms with Crippen molar-refractivity contribution in [1.82, 2.24) is 4.90 Å². The molecule has 1 aromatic carbocycles. The molecule has 0 saturated heterocycles. The SMILES string of the molecule is CCOC1=CC(=[N+]=[N-])C(Cl)C=C1N(C)Cc1ccccc1. The van der Waals surface area contributed by atoms with Crippen molar-refractivity contribution in [3.63, 3.8) is 0 Å². The second kappa shape index (κ2) is 7.11. The summed E-state index contributed by atoms with van der Waals surface area (Å²) in [5.74, 6) is 0.667. The Bertz CT molecular complexity index is 603. The first kappa shape index (κ1) is 15.4. The fraction of sp³-hybridized carbons (Fsp3) is 0.312. The number of hydrogen-bond acceptors (Lipinski definition) is 2. The summed E-state index contributed by atoms with van der Waals surface area (Å²) in [6.45, 7) is 3.19. The van der Waals surface area contributed by atoms with E-state index in [1.165, 1.54) is 5.56 Å². The van der Waals surface area contributed by atoms with E-state index in [4.69, 9.17) is 21.9 Å². The average Bonchev–Trinajstić information content (AvgIpc) is 2.49. The van der Waals surface area contributed by atoms with Gasteiger partial charge in [0.05, 0.1) is 18.4 Å². The predicted molar refractivity (Wildman–Crippen MR) is 84.0 cm³/mol. The maximum Gasteiger partial charge on any atom is 0.317 e. The van der Waals surface area contributed by atoms with E-state index in [1.807, 2.05) is 38.2 Å². The van der Waals surface area contributed by atoms with Crippen LogP contribution >= 0.6 is 11.6 Å².